The summed E-state index contributed by atoms with van der Waals surface area (Å²) in [7, 11) is 1.22. The topological polar surface area (TPSA) is 118 Å². The number of furan rings is 1. The van der Waals surface area contributed by atoms with E-state index in [1.54, 1.807) is 43.3 Å². The van der Waals surface area contributed by atoms with Gasteiger partial charge in [-0.1, -0.05) is 34.8 Å². The summed E-state index contributed by atoms with van der Waals surface area (Å²) in [5.74, 6) is -2.41. The highest BCUT2D eigenvalue weighted by Crippen LogP contribution is 2.36. The largest absolute Gasteiger partial charge is 0.465 e. The second-order valence-electron chi connectivity index (χ2n) is 8.20. The second kappa shape index (κ2) is 11.8. The number of allylic oxidation sites excluding steroid dienone is 1. The van der Waals surface area contributed by atoms with E-state index in [0.717, 1.165) is 0 Å². The number of methoxy groups -OCH3 is 1. The molecule has 2 heterocycles. The van der Waals surface area contributed by atoms with Crippen molar-refractivity contribution in [1.82, 2.24) is 5.32 Å². The molecular formula is C27H20Cl3N3O6. The van der Waals surface area contributed by atoms with Gasteiger partial charge in [0.15, 0.2) is 0 Å². The standard InChI is InChI=1S/C27H20Cl3N3O6/c1-14-23(27(37)38-2)20(26(36)33(14)17-6-3-15(28)4-7-17)12-18-8-9-19(39-18)13-31-24(34)25(35)32-16-5-10-21(29)22(30)11-16/h3-12H,13H2,1-2H3,(H,31,34)(H,32,35)/b20-12+. The molecule has 0 bridgehead atoms. The van der Waals surface area contributed by atoms with Gasteiger partial charge in [-0.15, -0.1) is 0 Å². The number of benzene rings is 2. The number of esters is 1. The molecule has 39 heavy (non-hydrogen) atoms. The van der Waals surface area contributed by atoms with Crippen molar-refractivity contribution in [1.29, 1.82) is 0 Å². The summed E-state index contributed by atoms with van der Waals surface area (Å²) in [6, 6.07) is 14.1. The highest BCUT2D eigenvalue weighted by atomic mass is 35.5. The molecule has 1 aromatic heterocycles. The number of amides is 3. The van der Waals surface area contributed by atoms with Crippen LogP contribution in [0.3, 0.4) is 0 Å². The molecule has 12 heteroatoms. The quantitative estimate of drug-likeness (QED) is 0.227. The Morgan fingerprint density at radius 2 is 1.69 bits per heavy atom. The van der Waals surface area contributed by atoms with Gasteiger partial charge in [-0.3, -0.25) is 19.3 Å². The normalized spacial score (nSPS) is 14.1. The summed E-state index contributed by atoms with van der Waals surface area (Å²) in [5.41, 5.74) is 1.36. The molecule has 3 amide bonds. The van der Waals surface area contributed by atoms with Crippen molar-refractivity contribution < 1.29 is 28.3 Å². The van der Waals surface area contributed by atoms with Crippen LogP contribution in [-0.2, 0) is 30.5 Å². The Kier molecular flexibility index (Phi) is 8.44. The van der Waals surface area contributed by atoms with Crippen molar-refractivity contribution in [2.45, 2.75) is 13.5 Å². The van der Waals surface area contributed by atoms with Gasteiger partial charge in [-0.2, -0.15) is 0 Å². The maximum Gasteiger partial charge on any atom is 0.340 e. The van der Waals surface area contributed by atoms with E-state index in [1.807, 2.05) is 0 Å². The fourth-order valence-electron chi connectivity index (χ4n) is 3.80. The molecule has 2 aromatic carbocycles. The molecular weight excluding hydrogens is 569 g/mol. The van der Waals surface area contributed by atoms with Gasteiger partial charge in [0.2, 0.25) is 0 Å². The van der Waals surface area contributed by atoms with E-state index in [0.29, 0.717) is 32.9 Å². The van der Waals surface area contributed by atoms with Crippen LogP contribution in [0.15, 0.2) is 75.9 Å². The van der Waals surface area contributed by atoms with Gasteiger partial charge >= 0.3 is 17.8 Å². The van der Waals surface area contributed by atoms with E-state index < -0.39 is 23.7 Å². The first kappa shape index (κ1) is 28.0. The van der Waals surface area contributed by atoms with E-state index in [-0.39, 0.29) is 28.5 Å². The molecule has 9 nitrogen and oxygen atoms in total. The van der Waals surface area contributed by atoms with Gasteiger partial charge in [-0.25, -0.2) is 4.79 Å². The molecule has 4 rings (SSSR count). The van der Waals surface area contributed by atoms with Crippen molar-refractivity contribution in [3.63, 3.8) is 0 Å². The molecule has 200 valence electrons. The Bertz CT molecular complexity index is 1540. The van der Waals surface area contributed by atoms with Crippen LogP contribution < -0.4 is 15.5 Å². The van der Waals surface area contributed by atoms with E-state index in [1.165, 1.54) is 36.3 Å². The van der Waals surface area contributed by atoms with Gasteiger partial charge in [0.05, 0.1) is 34.8 Å². The lowest BCUT2D eigenvalue weighted by atomic mass is 10.1. The van der Waals surface area contributed by atoms with Crippen molar-refractivity contribution >= 4 is 75.9 Å². The number of nitrogens with zero attached hydrogens (tertiary/aromatic N) is 1. The van der Waals surface area contributed by atoms with Crippen LogP contribution in [0.2, 0.25) is 15.1 Å². The number of carbonyl (C=O) groups is 4. The SMILES string of the molecule is COC(=O)C1=C(C)N(c2ccc(Cl)cc2)C(=O)/C1=C/c1ccc(CNC(=O)C(=O)Nc2ccc(Cl)c(Cl)c2)o1. The third-order valence-corrected chi connectivity index (χ3v) is 6.64. The van der Waals surface area contributed by atoms with Gasteiger partial charge in [0.1, 0.15) is 11.5 Å². The van der Waals surface area contributed by atoms with Crippen molar-refractivity contribution in [3.8, 4) is 0 Å². The number of anilines is 2. The molecule has 2 N–H and O–H groups in total. The van der Waals surface area contributed by atoms with Crippen molar-refractivity contribution in [3.05, 3.63) is 98.0 Å². The van der Waals surface area contributed by atoms with Crippen LogP contribution in [-0.4, -0.2) is 30.8 Å². The summed E-state index contributed by atoms with van der Waals surface area (Å²) < 4.78 is 10.6. The smallest absolute Gasteiger partial charge is 0.340 e. The molecule has 0 fully saturated rings. The Labute approximate surface area is 237 Å². The molecule has 0 radical (unpaired) electrons. The zero-order valence-corrected chi connectivity index (χ0v) is 22.8. The zero-order chi connectivity index (χ0) is 28.3. The summed E-state index contributed by atoms with van der Waals surface area (Å²) in [5, 5.41) is 5.89. The number of ether oxygens (including phenoxy) is 1. The molecule has 0 unspecified atom stereocenters. The number of carbonyl (C=O) groups excluding carboxylic acids is 4. The third-order valence-electron chi connectivity index (χ3n) is 5.65. The van der Waals surface area contributed by atoms with Gasteiger partial charge in [0, 0.05) is 22.1 Å². The number of rotatable bonds is 6. The molecule has 0 saturated heterocycles. The monoisotopic (exact) mass is 587 g/mol. The fraction of sp³-hybridized carbons (Fsp3) is 0.111. The number of hydrogen-bond acceptors (Lipinski definition) is 6. The van der Waals surface area contributed by atoms with Crippen LogP contribution in [0.25, 0.3) is 6.08 Å². The maximum atomic E-state index is 13.3. The average molecular weight is 589 g/mol. The summed E-state index contributed by atoms with van der Waals surface area (Å²) in [6.45, 7) is 1.52. The van der Waals surface area contributed by atoms with Gasteiger partial charge < -0.3 is 19.8 Å². The van der Waals surface area contributed by atoms with Crippen LogP contribution >= 0.6 is 34.8 Å². The second-order valence-corrected chi connectivity index (χ2v) is 9.45. The Morgan fingerprint density at radius 1 is 0.974 bits per heavy atom. The Balaban J connectivity index is 1.48. The highest BCUT2D eigenvalue weighted by Gasteiger charge is 2.38. The predicted molar refractivity (Wildman–Crippen MR) is 147 cm³/mol. The van der Waals surface area contributed by atoms with Crippen LogP contribution in [0.5, 0.6) is 0 Å². The fourth-order valence-corrected chi connectivity index (χ4v) is 4.22. The first-order valence-electron chi connectivity index (χ1n) is 11.3. The molecule has 0 aliphatic carbocycles. The van der Waals surface area contributed by atoms with E-state index in [9.17, 15) is 19.2 Å². The third kappa shape index (κ3) is 6.17. The molecule has 1 aliphatic heterocycles. The molecule has 0 atom stereocenters. The van der Waals surface area contributed by atoms with Crippen LogP contribution in [0.1, 0.15) is 18.4 Å². The van der Waals surface area contributed by atoms with Gasteiger partial charge in [-0.05, 0) is 67.6 Å². The van der Waals surface area contributed by atoms with E-state index in [4.69, 9.17) is 44.0 Å². The van der Waals surface area contributed by atoms with E-state index >= 15 is 0 Å². The molecule has 0 spiro atoms. The lowest BCUT2D eigenvalue weighted by Gasteiger charge is -2.17. The first-order chi connectivity index (χ1) is 18.6. The van der Waals surface area contributed by atoms with E-state index in [2.05, 4.69) is 10.6 Å². The minimum Gasteiger partial charge on any atom is -0.465 e. The Hall–Kier alpha value is -4.05. The molecule has 1 aliphatic rings. The summed E-state index contributed by atoms with van der Waals surface area (Å²) in [4.78, 5) is 51.7. The van der Waals surface area contributed by atoms with Crippen LogP contribution in [0.4, 0.5) is 11.4 Å². The lowest BCUT2D eigenvalue weighted by Crippen LogP contribution is -2.34. The average Bonchev–Trinajstić information content (AvgIpc) is 3.46. The first-order valence-corrected chi connectivity index (χ1v) is 12.5. The highest BCUT2D eigenvalue weighted by molar-refractivity contribution is 6.43. The number of halogens is 3. The minimum absolute atomic E-state index is 0.0697. The minimum atomic E-state index is -0.913. The number of nitrogens with one attached hydrogen (secondary N) is 2. The van der Waals surface area contributed by atoms with Crippen LogP contribution in [0, 0.1) is 0 Å². The van der Waals surface area contributed by atoms with Crippen molar-refractivity contribution in [2.24, 2.45) is 0 Å². The summed E-state index contributed by atoms with van der Waals surface area (Å²) in [6.07, 6.45) is 1.41. The maximum absolute atomic E-state index is 13.3. The number of hydrogen-bond donors (Lipinski definition) is 2. The van der Waals surface area contributed by atoms with Crippen molar-refractivity contribution in [2.75, 3.05) is 17.3 Å². The lowest BCUT2D eigenvalue weighted by molar-refractivity contribution is -0.136. The molecule has 3 aromatic rings. The molecule has 0 saturated carbocycles. The summed E-state index contributed by atoms with van der Waals surface area (Å²) >= 11 is 17.7. The van der Waals surface area contributed by atoms with Gasteiger partial charge in [0.25, 0.3) is 5.91 Å². The zero-order valence-electron chi connectivity index (χ0n) is 20.5. The Morgan fingerprint density at radius 3 is 2.36 bits per heavy atom. The predicted octanol–water partition coefficient (Wildman–Crippen LogP) is 5.37.